The van der Waals surface area contributed by atoms with Gasteiger partial charge in [-0.1, -0.05) is 79.8 Å². The van der Waals surface area contributed by atoms with Crippen LogP contribution in [-0.2, 0) is 31.3 Å². The average molecular weight is 720 g/mol. The van der Waals surface area contributed by atoms with E-state index in [1.807, 2.05) is 84.9 Å². The minimum absolute atomic E-state index is 0.0392. The Labute approximate surface area is 305 Å². The molecule has 4 aromatic rings. The van der Waals surface area contributed by atoms with Gasteiger partial charge in [-0.25, -0.2) is 0 Å². The highest BCUT2D eigenvalue weighted by atomic mass is 28.3. The molecule has 1 saturated heterocycles. The van der Waals surface area contributed by atoms with E-state index in [2.05, 4.69) is 32.2 Å². The van der Waals surface area contributed by atoms with Gasteiger partial charge in [-0.15, -0.1) is 0 Å². The van der Waals surface area contributed by atoms with Crippen molar-refractivity contribution < 1.29 is 33.7 Å². The molecule has 1 spiro atoms. The van der Waals surface area contributed by atoms with Gasteiger partial charge in [-0.2, -0.15) is 0 Å². The first kappa shape index (κ1) is 35.4. The van der Waals surface area contributed by atoms with E-state index < -0.39 is 19.8 Å². The van der Waals surface area contributed by atoms with Gasteiger partial charge in [0.1, 0.15) is 11.5 Å². The number of rotatable bonds is 10. The number of hydrogen-bond donors (Lipinski definition) is 1. The van der Waals surface area contributed by atoms with Crippen molar-refractivity contribution in [2.75, 3.05) is 43.7 Å². The smallest absolute Gasteiger partial charge is 0.269 e. The molecule has 0 aromatic heterocycles. The number of amides is 3. The van der Waals surface area contributed by atoms with Crippen LogP contribution in [0.25, 0.3) is 0 Å². The van der Waals surface area contributed by atoms with Gasteiger partial charge in [0.2, 0.25) is 5.91 Å². The summed E-state index contributed by atoms with van der Waals surface area (Å²) in [6.07, 6.45) is -0.571. The molecule has 11 heteroatoms. The number of methoxy groups -OCH3 is 1. The van der Waals surface area contributed by atoms with E-state index in [1.54, 1.807) is 28.9 Å². The van der Waals surface area contributed by atoms with Crippen molar-refractivity contribution >= 4 is 48.0 Å². The maximum atomic E-state index is 14.7. The second-order valence-electron chi connectivity index (χ2n) is 14.4. The molecule has 0 radical (unpaired) electrons. The molecule has 270 valence electrons. The molecule has 3 aliphatic rings. The van der Waals surface area contributed by atoms with Crippen LogP contribution in [0.4, 0.5) is 17.1 Å². The van der Waals surface area contributed by atoms with Gasteiger partial charge in [0.25, 0.3) is 11.8 Å². The molecule has 1 N–H and O–H groups in total. The Balaban J connectivity index is 1.32. The fraction of sp³-hybridized carbons (Fsp3) is 0.341. The zero-order valence-electron chi connectivity index (χ0n) is 30.2. The molecule has 10 nitrogen and oxygen atoms in total. The fourth-order valence-corrected chi connectivity index (χ4v) is 12.7. The summed E-state index contributed by atoms with van der Waals surface area (Å²) < 4.78 is 18.4. The van der Waals surface area contributed by atoms with Crippen molar-refractivity contribution in [2.24, 2.45) is 5.92 Å². The molecule has 52 heavy (non-hydrogen) atoms. The third kappa shape index (κ3) is 5.86. The number of para-hydroxylation sites is 2. The molecule has 0 aliphatic carbocycles. The SMILES string of the molecule is COc1ccc([Si](C)(C)[C@@H]2[C@@H](CC(=O)N(CCO)Cc3ccccc3)O[C@]3(C(=O)N(C)c4ccc(N5C(=O)COc6ccccc65)cc43)[C@H]2C)cc1. The van der Waals surface area contributed by atoms with Crippen molar-refractivity contribution in [3.63, 3.8) is 0 Å². The van der Waals surface area contributed by atoms with Gasteiger partial charge in [0, 0.05) is 37.3 Å². The van der Waals surface area contributed by atoms with Crippen molar-refractivity contribution in [1.82, 2.24) is 4.90 Å². The standard InChI is InChI=1S/C41H45N3O7Si/c1-27-39(52(4,5)31-18-16-30(49-3)17-19-31)36(24-37(46)43(21-22-45)25-28-11-7-6-8-12-28)51-41(27)32-23-29(15-20-33(32)42(2)40(41)48)44-34-13-9-10-14-35(34)50-26-38(44)47/h6-20,23,27,36,39,45H,21-22,24-26H2,1-5H3/t27-,36+,39-,41+/m0/s1. The lowest BCUT2D eigenvalue weighted by molar-refractivity contribution is -0.149. The van der Waals surface area contributed by atoms with Crippen molar-refractivity contribution in [3.05, 3.63) is 108 Å². The average Bonchev–Trinajstić information content (AvgIpc) is 3.57. The number of fused-ring (bicyclic) bond motifs is 3. The summed E-state index contributed by atoms with van der Waals surface area (Å²) in [5.41, 5.74) is 2.00. The summed E-state index contributed by atoms with van der Waals surface area (Å²) in [4.78, 5) is 47.4. The van der Waals surface area contributed by atoms with Crippen LogP contribution < -0.4 is 24.5 Å². The number of anilines is 3. The highest BCUT2D eigenvalue weighted by Crippen LogP contribution is 2.60. The summed E-state index contributed by atoms with van der Waals surface area (Å²) in [5, 5.41) is 11.1. The first-order valence-electron chi connectivity index (χ1n) is 17.7. The highest BCUT2D eigenvalue weighted by Gasteiger charge is 2.66. The van der Waals surface area contributed by atoms with Crippen molar-refractivity contribution in [2.45, 2.75) is 50.2 Å². The van der Waals surface area contributed by atoms with Gasteiger partial charge < -0.3 is 29.1 Å². The molecule has 4 atom stereocenters. The quantitative estimate of drug-likeness (QED) is 0.220. The lowest BCUT2D eigenvalue weighted by atomic mass is 9.82. The Morgan fingerprint density at radius 1 is 0.981 bits per heavy atom. The highest BCUT2D eigenvalue weighted by molar-refractivity contribution is 6.91. The number of carbonyl (C=O) groups is 3. The van der Waals surface area contributed by atoms with Gasteiger partial charge in [0.05, 0.1) is 45.7 Å². The number of ether oxygens (including phenoxy) is 3. The van der Waals surface area contributed by atoms with Gasteiger partial charge in [-0.05, 0) is 53.6 Å². The van der Waals surface area contributed by atoms with E-state index in [9.17, 15) is 19.5 Å². The van der Waals surface area contributed by atoms with Crippen LogP contribution >= 0.6 is 0 Å². The zero-order chi connectivity index (χ0) is 36.8. The van der Waals surface area contributed by atoms with E-state index in [0.717, 1.165) is 16.5 Å². The molecule has 0 bridgehead atoms. The Kier molecular flexibility index (Phi) is 9.45. The second kappa shape index (κ2) is 13.9. The summed E-state index contributed by atoms with van der Waals surface area (Å²) in [6.45, 7) is 6.86. The largest absolute Gasteiger partial charge is 0.497 e. The normalized spacial score (nSPS) is 22.3. The molecular weight excluding hydrogens is 675 g/mol. The summed E-state index contributed by atoms with van der Waals surface area (Å²) >= 11 is 0. The third-order valence-corrected chi connectivity index (χ3v) is 15.6. The number of carbonyl (C=O) groups excluding carboxylic acids is 3. The molecule has 3 amide bonds. The van der Waals surface area contributed by atoms with Crippen LogP contribution in [0.3, 0.4) is 0 Å². The van der Waals surface area contributed by atoms with E-state index in [-0.39, 0.29) is 55.4 Å². The number of aliphatic hydroxyl groups is 1. The molecule has 1 fully saturated rings. The maximum absolute atomic E-state index is 14.7. The zero-order valence-corrected chi connectivity index (χ0v) is 31.2. The Morgan fingerprint density at radius 3 is 2.40 bits per heavy atom. The van der Waals surface area contributed by atoms with Crippen LogP contribution in [0.1, 0.15) is 24.5 Å². The van der Waals surface area contributed by atoms with E-state index >= 15 is 0 Å². The lowest BCUT2D eigenvalue weighted by Crippen LogP contribution is -2.52. The molecule has 7 rings (SSSR count). The first-order valence-corrected chi connectivity index (χ1v) is 20.8. The summed E-state index contributed by atoms with van der Waals surface area (Å²) in [5.74, 6) is 0.444. The van der Waals surface area contributed by atoms with Gasteiger partial charge in [0.15, 0.2) is 12.2 Å². The molecule has 0 unspecified atom stereocenters. The van der Waals surface area contributed by atoms with Crippen LogP contribution in [-0.4, -0.2) is 75.8 Å². The van der Waals surface area contributed by atoms with Crippen LogP contribution in [0.15, 0.2) is 97.1 Å². The monoisotopic (exact) mass is 719 g/mol. The number of hydrogen-bond acceptors (Lipinski definition) is 7. The number of likely N-dealkylation sites (N-methyl/N-ethyl adjacent to an activating group) is 1. The van der Waals surface area contributed by atoms with Crippen molar-refractivity contribution in [1.29, 1.82) is 0 Å². The molecule has 4 aromatic carbocycles. The lowest BCUT2D eigenvalue weighted by Gasteiger charge is -2.37. The third-order valence-electron chi connectivity index (χ3n) is 11.2. The van der Waals surface area contributed by atoms with Gasteiger partial charge in [-0.3, -0.25) is 19.3 Å². The number of benzene rings is 4. The fourth-order valence-electron chi connectivity index (χ4n) is 8.65. The first-order chi connectivity index (χ1) is 25.0. The molecule has 3 aliphatic heterocycles. The molecule has 0 saturated carbocycles. The Morgan fingerprint density at radius 2 is 1.69 bits per heavy atom. The summed E-state index contributed by atoms with van der Waals surface area (Å²) in [6, 6.07) is 30.8. The number of nitrogens with zero attached hydrogens (tertiary/aromatic N) is 3. The second-order valence-corrected chi connectivity index (χ2v) is 19.1. The van der Waals surface area contributed by atoms with Crippen molar-refractivity contribution in [3.8, 4) is 11.5 Å². The van der Waals surface area contributed by atoms with E-state index in [1.165, 1.54) is 0 Å². The van der Waals surface area contributed by atoms with E-state index in [4.69, 9.17) is 14.2 Å². The topological polar surface area (TPSA) is 109 Å². The van der Waals surface area contributed by atoms with Gasteiger partial charge >= 0.3 is 0 Å². The summed E-state index contributed by atoms with van der Waals surface area (Å²) in [7, 11) is 0.867. The Hall–Kier alpha value is -4.97. The van der Waals surface area contributed by atoms with Crippen LogP contribution in [0.2, 0.25) is 18.6 Å². The number of aliphatic hydroxyl groups excluding tert-OH is 1. The molecule has 3 heterocycles. The minimum Gasteiger partial charge on any atom is -0.497 e. The Bertz CT molecular complexity index is 1990. The van der Waals surface area contributed by atoms with Crippen LogP contribution in [0.5, 0.6) is 11.5 Å². The van der Waals surface area contributed by atoms with Crippen LogP contribution in [0, 0.1) is 5.92 Å². The predicted molar refractivity (Wildman–Crippen MR) is 202 cm³/mol. The molecular formula is C41H45N3O7Si. The maximum Gasteiger partial charge on any atom is 0.269 e. The van der Waals surface area contributed by atoms with E-state index in [0.29, 0.717) is 34.9 Å². The predicted octanol–water partition coefficient (Wildman–Crippen LogP) is 5.36. The minimum atomic E-state index is -2.53.